The summed E-state index contributed by atoms with van der Waals surface area (Å²) in [5.74, 6) is 0. The van der Waals surface area contributed by atoms with E-state index in [1.165, 1.54) is 25.7 Å². The van der Waals surface area contributed by atoms with Crippen LogP contribution in [0.4, 0.5) is 0 Å². The van der Waals surface area contributed by atoms with Crippen LogP contribution in [0.1, 0.15) is 52.9 Å². The second kappa shape index (κ2) is 7.76. The fourth-order valence-electron chi connectivity index (χ4n) is 1.66. The van der Waals surface area contributed by atoms with Crippen molar-refractivity contribution in [3.05, 3.63) is 0 Å². The Labute approximate surface area is 84.4 Å². The van der Waals surface area contributed by atoms with Gasteiger partial charge in [-0.05, 0) is 19.3 Å². The summed E-state index contributed by atoms with van der Waals surface area (Å²) in [5.41, 5.74) is 0. The minimum absolute atomic E-state index is 1.09. The van der Waals surface area contributed by atoms with Crippen molar-refractivity contribution in [1.82, 2.24) is 0 Å². The summed E-state index contributed by atoms with van der Waals surface area (Å²) in [6.45, 7) is 6.59. The highest BCUT2D eigenvalue weighted by Gasteiger charge is 2.32. The molecule has 13 heavy (non-hydrogen) atoms. The Balaban J connectivity index is 3.84. The van der Waals surface area contributed by atoms with Crippen LogP contribution < -0.4 is 0 Å². The van der Waals surface area contributed by atoms with Crippen LogP contribution in [0, 0.1) is 0 Å². The van der Waals surface area contributed by atoms with Crippen molar-refractivity contribution < 1.29 is 4.89 Å². The molecule has 0 aromatic carbocycles. The van der Waals surface area contributed by atoms with Crippen LogP contribution >= 0.6 is 7.49 Å². The topological polar surface area (TPSA) is 20.2 Å². The Morgan fingerprint density at radius 2 is 1.23 bits per heavy atom. The Morgan fingerprint density at radius 1 is 0.769 bits per heavy atom. The predicted octanol–water partition coefficient (Wildman–Crippen LogP) is 3.92. The highest BCUT2D eigenvalue weighted by atomic mass is 31.2. The van der Waals surface area contributed by atoms with Gasteiger partial charge in [0.1, 0.15) is 7.49 Å². The van der Waals surface area contributed by atoms with E-state index in [1.807, 2.05) is 0 Å². The molecule has 0 fully saturated rings. The number of rotatable bonds is 8. The van der Waals surface area contributed by atoms with Crippen molar-refractivity contribution in [3.63, 3.8) is 0 Å². The van der Waals surface area contributed by atoms with E-state index in [1.54, 1.807) is 0 Å². The normalized spacial score (nSPS) is 12.0. The van der Waals surface area contributed by atoms with Gasteiger partial charge in [0.25, 0.3) is 0 Å². The molecule has 0 aromatic heterocycles. The van der Waals surface area contributed by atoms with E-state index in [-0.39, 0.29) is 0 Å². The summed E-state index contributed by atoms with van der Waals surface area (Å²) in [6.07, 6.45) is 9.33. The molecular formula is C11H26OP+. The van der Waals surface area contributed by atoms with Crippen molar-refractivity contribution in [2.45, 2.75) is 52.9 Å². The van der Waals surface area contributed by atoms with Crippen molar-refractivity contribution in [1.29, 1.82) is 0 Å². The fraction of sp³-hybridized carbons (Fsp3) is 1.00. The minimum atomic E-state index is -1.50. The van der Waals surface area contributed by atoms with Crippen molar-refractivity contribution in [2.75, 3.05) is 18.5 Å². The number of hydrogen-bond donors (Lipinski definition) is 1. The molecule has 1 N–H and O–H groups in total. The molecule has 0 aliphatic rings. The summed E-state index contributed by atoms with van der Waals surface area (Å²) in [5, 5.41) is 0. The minimum Gasteiger partial charge on any atom is -0.252 e. The first-order chi connectivity index (χ1) is 6.18. The van der Waals surface area contributed by atoms with Crippen LogP contribution in [-0.4, -0.2) is 23.4 Å². The first-order valence-corrected chi connectivity index (χ1v) is 8.07. The lowest BCUT2D eigenvalue weighted by Crippen LogP contribution is -2.07. The van der Waals surface area contributed by atoms with Crippen LogP contribution in [0.2, 0.25) is 0 Å². The third-order valence-electron chi connectivity index (χ3n) is 2.50. The van der Waals surface area contributed by atoms with Gasteiger partial charge in [-0.15, -0.1) is 0 Å². The lowest BCUT2D eigenvalue weighted by atomic mass is 10.4. The average Bonchev–Trinajstić information content (AvgIpc) is 2.12. The van der Waals surface area contributed by atoms with Gasteiger partial charge in [0.2, 0.25) is 0 Å². The molecule has 0 rings (SSSR count). The van der Waals surface area contributed by atoms with Crippen LogP contribution in [0.15, 0.2) is 0 Å². The monoisotopic (exact) mass is 205 g/mol. The number of hydrogen-bond acceptors (Lipinski definition) is 1. The van der Waals surface area contributed by atoms with E-state index in [0.717, 1.165) is 24.9 Å². The molecule has 0 saturated carbocycles. The SMILES string of the molecule is CCCC[P+](O)(CCC)CCCC. The zero-order chi connectivity index (χ0) is 10.2. The average molecular weight is 205 g/mol. The summed E-state index contributed by atoms with van der Waals surface area (Å²) in [4.78, 5) is 10.4. The summed E-state index contributed by atoms with van der Waals surface area (Å²) in [7, 11) is -1.50. The molecule has 80 valence electrons. The summed E-state index contributed by atoms with van der Waals surface area (Å²) < 4.78 is 0. The van der Waals surface area contributed by atoms with Gasteiger partial charge in [0.05, 0.1) is 18.5 Å². The lowest BCUT2D eigenvalue weighted by Gasteiger charge is -2.19. The van der Waals surface area contributed by atoms with Gasteiger partial charge in [-0.25, -0.2) is 0 Å². The molecule has 0 atom stereocenters. The van der Waals surface area contributed by atoms with Gasteiger partial charge in [-0.3, -0.25) is 4.89 Å². The zero-order valence-corrected chi connectivity index (χ0v) is 10.4. The Kier molecular flexibility index (Phi) is 8.00. The van der Waals surface area contributed by atoms with Gasteiger partial charge in [0, 0.05) is 0 Å². The highest BCUT2D eigenvalue weighted by molar-refractivity contribution is 7.70. The Hall–Kier alpha value is 0.390. The van der Waals surface area contributed by atoms with Crippen LogP contribution in [0.25, 0.3) is 0 Å². The number of unbranched alkanes of at least 4 members (excludes halogenated alkanes) is 2. The van der Waals surface area contributed by atoms with Crippen LogP contribution in [-0.2, 0) is 0 Å². The second-order valence-electron chi connectivity index (χ2n) is 3.97. The summed E-state index contributed by atoms with van der Waals surface area (Å²) >= 11 is 0. The third-order valence-corrected chi connectivity index (χ3v) is 6.07. The quantitative estimate of drug-likeness (QED) is 0.595. The summed E-state index contributed by atoms with van der Waals surface area (Å²) in [6, 6.07) is 0. The molecule has 2 heteroatoms. The van der Waals surface area contributed by atoms with E-state index < -0.39 is 7.49 Å². The van der Waals surface area contributed by atoms with Crippen LogP contribution in [0.5, 0.6) is 0 Å². The third kappa shape index (κ3) is 6.46. The first kappa shape index (κ1) is 13.4. The van der Waals surface area contributed by atoms with E-state index in [9.17, 15) is 4.89 Å². The maximum absolute atomic E-state index is 10.4. The molecule has 0 saturated heterocycles. The largest absolute Gasteiger partial charge is 0.252 e. The maximum Gasteiger partial charge on any atom is 0.142 e. The Bertz CT molecular complexity index is 107. The standard InChI is InChI=1S/C11H26OP/c1-4-7-10-13(12,9-6-3)11-8-5-2/h12H,4-11H2,1-3H3/q+1. The zero-order valence-electron chi connectivity index (χ0n) is 9.55. The molecule has 0 amide bonds. The van der Waals surface area contributed by atoms with Gasteiger partial charge in [-0.2, -0.15) is 0 Å². The second-order valence-corrected chi connectivity index (χ2v) is 7.50. The molecule has 0 unspecified atom stereocenters. The lowest BCUT2D eigenvalue weighted by molar-refractivity contribution is 0.584. The van der Waals surface area contributed by atoms with Crippen molar-refractivity contribution in [3.8, 4) is 0 Å². The van der Waals surface area contributed by atoms with Gasteiger partial charge < -0.3 is 0 Å². The molecule has 0 radical (unpaired) electrons. The van der Waals surface area contributed by atoms with Crippen molar-refractivity contribution >= 4 is 7.49 Å². The molecule has 0 spiro atoms. The smallest absolute Gasteiger partial charge is 0.142 e. The van der Waals surface area contributed by atoms with E-state index in [4.69, 9.17) is 0 Å². The van der Waals surface area contributed by atoms with E-state index in [0.29, 0.717) is 0 Å². The fourth-order valence-corrected chi connectivity index (χ4v) is 4.97. The molecule has 0 aliphatic carbocycles. The van der Waals surface area contributed by atoms with E-state index in [2.05, 4.69) is 20.8 Å². The van der Waals surface area contributed by atoms with E-state index >= 15 is 0 Å². The molecule has 0 aliphatic heterocycles. The molecule has 0 bridgehead atoms. The maximum atomic E-state index is 10.4. The van der Waals surface area contributed by atoms with Gasteiger partial charge >= 0.3 is 0 Å². The van der Waals surface area contributed by atoms with Gasteiger partial charge in [0.15, 0.2) is 0 Å². The van der Waals surface area contributed by atoms with Crippen LogP contribution in [0.3, 0.4) is 0 Å². The molecular weight excluding hydrogens is 179 g/mol. The molecule has 0 heterocycles. The van der Waals surface area contributed by atoms with Gasteiger partial charge in [-0.1, -0.05) is 33.6 Å². The predicted molar refractivity (Wildman–Crippen MR) is 63.8 cm³/mol. The molecule has 1 nitrogen and oxygen atoms in total. The highest BCUT2D eigenvalue weighted by Crippen LogP contribution is 2.56. The van der Waals surface area contributed by atoms with Crippen molar-refractivity contribution in [2.24, 2.45) is 0 Å². The Morgan fingerprint density at radius 3 is 1.54 bits per heavy atom. The first-order valence-electron chi connectivity index (χ1n) is 5.77. The molecule has 0 aromatic rings.